The summed E-state index contributed by atoms with van der Waals surface area (Å²) in [6.45, 7) is 7.41. The zero-order valence-electron chi connectivity index (χ0n) is 16.8. The van der Waals surface area contributed by atoms with Crippen LogP contribution in [0.3, 0.4) is 0 Å². The Morgan fingerprint density at radius 3 is 2.77 bits per heavy atom. The number of pyridine rings is 1. The molecule has 0 unspecified atom stereocenters. The first kappa shape index (κ1) is 19.9. The number of rotatable bonds is 6. The second-order valence-electron chi connectivity index (χ2n) is 7.11. The number of benzene rings is 1. The zero-order chi connectivity index (χ0) is 21.4. The van der Waals surface area contributed by atoms with Crippen LogP contribution in [0.4, 0.5) is 6.01 Å². The SMILES string of the molecule is Cc1nnnn1-c1coc(N[C@@H](C)c2cc3cc(Cl)c(OC(C)C)cc3[nH]c2=O)n1. The molecular weight excluding hydrogens is 410 g/mol. The van der Waals surface area contributed by atoms with E-state index in [-0.39, 0.29) is 23.7 Å². The summed E-state index contributed by atoms with van der Waals surface area (Å²) in [4.78, 5) is 19.9. The minimum Gasteiger partial charge on any atom is -0.489 e. The maximum Gasteiger partial charge on any atom is 0.297 e. The molecule has 3 aromatic heterocycles. The average Bonchev–Trinajstić information content (AvgIpc) is 3.30. The molecule has 0 amide bonds. The molecule has 0 aliphatic heterocycles. The Morgan fingerprint density at radius 2 is 2.07 bits per heavy atom. The molecule has 0 fully saturated rings. The first-order chi connectivity index (χ1) is 14.3. The number of tetrazole rings is 1. The highest BCUT2D eigenvalue weighted by Crippen LogP contribution is 2.30. The van der Waals surface area contributed by atoms with E-state index in [0.29, 0.717) is 33.5 Å². The van der Waals surface area contributed by atoms with E-state index in [0.717, 1.165) is 5.39 Å². The van der Waals surface area contributed by atoms with Crippen molar-refractivity contribution in [2.24, 2.45) is 0 Å². The van der Waals surface area contributed by atoms with Crippen LogP contribution in [0.1, 0.15) is 38.2 Å². The lowest BCUT2D eigenvalue weighted by molar-refractivity contribution is 0.243. The van der Waals surface area contributed by atoms with Crippen LogP contribution in [0, 0.1) is 6.92 Å². The van der Waals surface area contributed by atoms with Crippen LogP contribution < -0.4 is 15.6 Å². The van der Waals surface area contributed by atoms with E-state index in [9.17, 15) is 4.79 Å². The second-order valence-corrected chi connectivity index (χ2v) is 7.51. The third-order valence-corrected chi connectivity index (χ3v) is 4.72. The molecule has 0 aliphatic rings. The molecule has 1 aromatic carbocycles. The number of fused-ring (bicyclic) bond motifs is 1. The van der Waals surface area contributed by atoms with Gasteiger partial charge in [0.2, 0.25) is 0 Å². The average molecular weight is 430 g/mol. The number of oxazole rings is 1. The summed E-state index contributed by atoms with van der Waals surface area (Å²) in [7, 11) is 0. The highest BCUT2D eigenvalue weighted by atomic mass is 35.5. The Kier molecular flexibility index (Phi) is 5.17. The van der Waals surface area contributed by atoms with Crippen LogP contribution in [-0.2, 0) is 0 Å². The van der Waals surface area contributed by atoms with Crippen molar-refractivity contribution in [1.82, 2.24) is 30.2 Å². The Balaban J connectivity index is 1.61. The van der Waals surface area contributed by atoms with Crippen molar-refractivity contribution in [1.29, 1.82) is 0 Å². The Hall–Kier alpha value is -3.40. The van der Waals surface area contributed by atoms with Gasteiger partial charge < -0.3 is 19.5 Å². The van der Waals surface area contributed by atoms with Crippen LogP contribution in [0.25, 0.3) is 16.7 Å². The predicted octanol–water partition coefficient (Wildman–Crippen LogP) is 3.41. The molecule has 4 aromatic rings. The van der Waals surface area contributed by atoms with Crippen molar-refractivity contribution in [3.05, 3.63) is 51.2 Å². The molecule has 30 heavy (non-hydrogen) atoms. The maximum absolute atomic E-state index is 12.7. The summed E-state index contributed by atoms with van der Waals surface area (Å²) in [6.07, 6.45) is 1.40. The van der Waals surface area contributed by atoms with Gasteiger partial charge in [0.1, 0.15) is 12.0 Å². The molecule has 0 radical (unpaired) electrons. The third kappa shape index (κ3) is 3.86. The van der Waals surface area contributed by atoms with Crippen LogP contribution in [0.15, 0.2) is 33.7 Å². The maximum atomic E-state index is 12.7. The Morgan fingerprint density at radius 1 is 1.27 bits per heavy atom. The van der Waals surface area contributed by atoms with Crippen molar-refractivity contribution < 1.29 is 9.15 Å². The van der Waals surface area contributed by atoms with E-state index in [1.807, 2.05) is 20.8 Å². The number of aryl methyl sites for hydroxylation is 1. The highest BCUT2D eigenvalue weighted by molar-refractivity contribution is 6.32. The van der Waals surface area contributed by atoms with Gasteiger partial charge in [0, 0.05) is 17.0 Å². The van der Waals surface area contributed by atoms with E-state index in [1.165, 1.54) is 10.9 Å². The molecule has 4 rings (SSSR count). The number of anilines is 1. The largest absolute Gasteiger partial charge is 0.489 e. The minimum atomic E-state index is -0.384. The summed E-state index contributed by atoms with van der Waals surface area (Å²) < 4.78 is 12.6. The molecule has 10 nitrogen and oxygen atoms in total. The normalized spacial score (nSPS) is 12.5. The van der Waals surface area contributed by atoms with Crippen LogP contribution >= 0.6 is 11.6 Å². The summed E-state index contributed by atoms with van der Waals surface area (Å²) in [5.41, 5.74) is 0.918. The summed E-state index contributed by atoms with van der Waals surface area (Å²) in [5, 5.41) is 15.6. The number of aromatic amines is 1. The van der Waals surface area contributed by atoms with Gasteiger partial charge in [0.05, 0.1) is 22.7 Å². The van der Waals surface area contributed by atoms with Gasteiger partial charge in [0.15, 0.2) is 11.6 Å². The standard InChI is InChI=1S/C19H20ClN7O3/c1-9(2)30-16-7-15-12(6-14(16)20)5-13(18(28)22-15)10(3)21-19-23-17(8-29-19)27-11(4)24-25-26-27/h5-10H,1-4H3,(H,21,23)(H,22,28)/t10-/m0/s1. The Labute approximate surface area is 176 Å². The minimum absolute atomic E-state index is 0.0297. The van der Waals surface area contributed by atoms with Gasteiger partial charge in [-0.1, -0.05) is 11.6 Å². The molecule has 0 aliphatic carbocycles. The molecule has 0 bridgehead atoms. The van der Waals surface area contributed by atoms with Crippen molar-refractivity contribution in [3.63, 3.8) is 0 Å². The number of aromatic nitrogens is 6. The van der Waals surface area contributed by atoms with Gasteiger partial charge >= 0.3 is 0 Å². The molecule has 11 heteroatoms. The van der Waals surface area contributed by atoms with Crippen molar-refractivity contribution in [3.8, 4) is 11.6 Å². The van der Waals surface area contributed by atoms with Gasteiger partial charge in [-0.05, 0) is 50.3 Å². The van der Waals surface area contributed by atoms with Crippen LogP contribution in [0.2, 0.25) is 5.02 Å². The fourth-order valence-electron chi connectivity index (χ4n) is 3.03. The van der Waals surface area contributed by atoms with Gasteiger partial charge in [-0.25, -0.2) is 0 Å². The highest BCUT2D eigenvalue weighted by Gasteiger charge is 2.17. The number of H-pyrrole nitrogens is 1. The smallest absolute Gasteiger partial charge is 0.297 e. The van der Waals surface area contributed by atoms with E-state index >= 15 is 0 Å². The van der Waals surface area contributed by atoms with Crippen molar-refractivity contribution in [2.45, 2.75) is 39.8 Å². The van der Waals surface area contributed by atoms with Gasteiger partial charge in [-0.15, -0.1) is 5.10 Å². The van der Waals surface area contributed by atoms with Gasteiger partial charge in [-0.3, -0.25) is 4.79 Å². The number of nitrogens with one attached hydrogen (secondary N) is 2. The summed E-state index contributed by atoms with van der Waals surface area (Å²) >= 11 is 6.34. The van der Waals surface area contributed by atoms with E-state index in [1.54, 1.807) is 25.1 Å². The van der Waals surface area contributed by atoms with E-state index < -0.39 is 0 Å². The quantitative estimate of drug-likeness (QED) is 0.477. The lowest BCUT2D eigenvalue weighted by atomic mass is 10.1. The third-order valence-electron chi connectivity index (χ3n) is 4.43. The molecule has 2 N–H and O–H groups in total. The fourth-order valence-corrected chi connectivity index (χ4v) is 3.24. The predicted molar refractivity (Wildman–Crippen MR) is 111 cm³/mol. The van der Waals surface area contributed by atoms with Crippen LogP contribution in [0.5, 0.6) is 5.75 Å². The fraction of sp³-hybridized carbons (Fsp3) is 0.316. The molecule has 0 saturated heterocycles. The lowest BCUT2D eigenvalue weighted by Crippen LogP contribution is -2.19. The first-order valence-electron chi connectivity index (χ1n) is 9.32. The van der Waals surface area contributed by atoms with E-state index in [4.69, 9.17) is 20.8 Å². The topological polar surface area (TPSA) is 124 Å². The number of hydrogen-bond acceptors (Lipinski definition) is 8. The monoisotopic (exact) mass is 429 g/mol. The molecular formula is C19H20ClN7O3. The van der Waals surface area contributed by atoms with Gasteiger partial charge in [-0.2, -0.15) is 9.67 Å². The lowest BCUT2D eigenvalue weighted by Gasteiger charge is -2.15. The van der Waals surface area contributed by atoms with Crippen LogP contribution in [-0.4, -0.2) is 36.3 Å². The number of hydrogen-bond donors (Lipinski definition) is 2. The number of halogens is 1. The molecule has 1 atom stereocenters. The van der Waals surface area contributed by atoms with Crippen molar-refractivity contribution >= 4 is 28.5 Å². The first-order valence-corrected chi connectivity index (χ1v) is 9.70. The summed E-state index contributed by atoms with van der Waals surface area (Å²) in [5.74, 6) is 1.54. The molecule has 156 valence electrons. The Bertz CT molecular complexity index is 1260. The zero-order valence-corrected chi connectivity index (χ0v) is 17.6. The number of ether oxygens (including phenoxy) is 1. The van der Waals surface area contributed by atoms with E-state index in [2.05, 4.69) is 30.8 Å². The number of nitrogens with zero attached hydrogens (tertiary/aromatic N) is 5. The van der Waals surface area contributed by atoms with Crippen molar-refractivity contribution in [2.75, 3.05) is 5.32 Å². The second kappa shape index (κ2) is 7.79. The molecule has 0 spiro atoms. The molecule has 0 saturated carbocycles. The van der Waals surface area contributed by atoms with Gasteiger partial charge in [0.25, 0.3) is 11.6 Å². The summed E-state index contributed by atoms with van der Waals surface area (Å²) in [6, 6.07) is 5.14. The molecule has 3 heterocycles.